The number of amides is 1. The summed E-state index contributed by atoms with van der Waals surface area (Å²) in [5.41, 5.74) is 5.60. The van der Waals surface area contributed by atoms with Crippen molar-refractivity contribution in [1.29, 1.82) is 0 Å². The normalized spacial score (nSPS) is 11.7. The fourth-order valence-corrected chi connectivity index (χ4v) is 3.35. The number of aryl methyl sites for hydroxylation is 3. The first kappa shape index (κ1) is 19.7. The summed E-state index contributed by atoms with van der Waals surface area (Å²) < 4.78 is 5.31. The van der Waals surface area contributed by atoms with Crippen LogP contribution in [-0.4, -0.2) is 13.0 Å². The summed E-state index contributed by atoms with van der Waals surface area (Å²) >= 11 is 0. The van der Waals surface area contributed by atoms with Crippen molar-refractivity contribution in [3.05, 3.63) is 101 Å². The van der Waals surface area contributed by atoms with Gasteiger partial charge in [-0.05, 0) is 48.6 Å². The highest BCUT2D eigenvalue weighted by Gasteiger charge is 2.16. The average molecular weight is 373 g/mol. The van der Waals surface area contributed by atoms with Gasteiger partial charge in [0.2, 0.25) is 5.91 Å². The molecule has 0 aliphatic carbocycles. The van der Waals surface area contributed by atoms with Gasteiger partial charge in [0.1, 0.15) is 5.75 Å². The van der Waals surface area contributed by atoms with E-state index in [0.717, 1.165) is 28.0 Å². The summed E-state index contributed by atoms with van der Waals surface area (Å²) in [6, 6.07) is 24.3. The summed E-state index contributed by atoms with van der Waals surface area (Å²) in [4.78, 5) is 12.7. The van der Waals surface area contributed by atoms with Gasteiger partial charge >= 0.3 is 0 Å². The Morgan fingerprint density at radius 3 is 2.25 bits per heavy atom. The molecule has 1 unspecified atom stereocenters. The van der Waals surface area contributed by atoms with Gasteiger partial charge in [-0.25, -0.2) is 0 Å². The second-order valence-corrected chi connectivity index (χ2v) is 7.13. The molecule has 0 bridgehead atoms. The molecule has 0 saturated heterocycles. The lowest BCUT2D eigenvalue weighted by Crippen LogP contribution is -2.29. The summed E-state index contributed by atoms with van der Waals surface area (Å²) in [6.45, 7) is 4.09. The van der Waals surface area contributed by atoms with Gasteiger partial charge in [0.25, 0.3) is 0 Å². The third-order valence-corrected chi connectivity index (χ3v) is 4.95. The summed E-state index contributed by atoms with van der Waals surface area (Å²) in [7, 11) is 1.67. The van der Waals surface area contributed by atoms with Crippen LogP contribution in [0.2, 0.25) is 0 Å². The SMILES string of the molecule is COc1ccc(CCC(=O)NC(c2ccccc2)c2ccc(C)cc2)cc1C. The van der Waals surface area contributed by atoms with E-state index in [2.05, 4.69) is 54.7 Å². The molecule has 28 heavy (non-hydrogen) atoms. The van der Waals surface area contributed by atoms with Crippen molar-refractivity contribution in [3.63, 3.8) is 0 Å². The van der Waals surface area contributed by atoms with Crippen LogP contribution in [0.5, 0.6) is 5.75 Å². The molecule has 3 aromatic carbocycles. The van der Waals surface area contributed by atoms with Gasteiger partial charge in [0, 0.05) is 6.42 Å². The van der Waals surface area contributed by atoms with Crippen LogP contribution in [0.1, 0.15) is 40.3 Å². The maximum Gasteiger partial charge on any atom is 0.221 e. The highest BCUT2D eigenvalue weighted by molar-refractivity contribution is 5.77. The molecule has 1 atom stereocenters. The number of hydrogen-bond acceptors (Lipinski definition) is 2. The van der Waals surface area contributed by atoms with E-state index >= 15 is 0 Å². The van der Waals surface area contributed by atoms with Crippen molar-refractivity contribution in [2.45, 2.75) is 32.7 Å². The monoisotopic (exact) mass is 373 g/mol. The van der Waals surface area contributed by atoms with Crippen LogP contribution in [0.15, 0.2) is 72.8 Å². The van der Waals surface area contributed by atoms with Gasteiger partial charge in [-0.1, -0.05) is 72.3 Å². The van der Waals surface area contributed by atoms with E-state index < -0.39 is 0 Å². The minimum Gasteiger partial charge on any atom is -0.496 e. The van der Waals surface area contributed by atoms with E-state index in [1.54, 1.807) is 7.11 Å². The molecule has 0 spiro atoms. The van der Waals surface area contributed by atoms with Gasteiger partial charge < -0.3 is 10.1 Å². The predicted molar refractivity (Wildman–Crippen MR) is 114 cm³/mol. The number of hydrogen-bond donors (Lipinski definition) is 1. The molecule has 0 aliphatic rings. The molecule has 0 radical (unpaired) electrons. The smallest absolute Gasteiger partial charge is 0.221 e. The minimum absolute atomic E-state index is 0.0444. The zero-order valence-corrected chi connectivity index (χ0v) is 16.7. The number of carbonyl (C=O) groups is 1. The Hall–Kier alpha value is -3.07. The lowest BCUT2D eigenvalue weighted by molar-refractivity contribution is -0.121. The lowest BCUT2D eigenvalue weighted by Gasteiger charge is -2.20. The molecule has 3 heteroatoms. The summed E-state index contributed by atoms with van der Waals surface area (Å²) in [5, 5.41) is 3.21. The van der Waals surface area contributed by atoms with E-state index in [0.29, 0.717) is 12.8 Å². The first-order chi connectivity index (χ1) is 13.6. The highest BCUT2D eigenvalue weighted by atomic mass is 16.5. The van der Waals surface area contributed by atoms with E-state index in [1.807, 2.05) is 37.3 Å². The van der Waals surface area contributed by atoms with E-state index in [9.17, 15) is 4.79 Å². The van der Waals surface area contributed by atoms with E-state index in [4.69, 9.17) is 4.74 Å². The molecule has 1 N–H and O–H groups in total. The maximum absolute atomic E-state index is 12.7. The Labute approximate surface area is 167 Å². The van der Waals surface area contributed by atoms with Crippen LogP contribution in [-0.2, 0) is 11.2 Å². The molecule has 0 aliphatic heterocycles. The minimum atomic E-state index is -0.146. The molecule has 0 saturated carbocycles. The van der Waals surface area contributed by atoms with Crippen molar-refractivity contribution in [2.75, 3.05) is 7.11 Å². The van der Waals surface area contributed by atoms with Gasteiger partial charge in [0.15, 0.2) is 0 Å². The largest absolute Gasteiger partial charge is 0.496 e. The third kappa shape index (κ3) is 5.01. The Bertz CT molecular complexity index is 917. The van der Waals surface area contributed by atoms with Crippen molar-refractivity contribution in [2.24, 2.45) is 0 Å². The predicted octanol–water partition coefficient (Wildman–Crippen LogP) is 5.15. The fourth-order valence-electron chi connectivity index (χ4n) is 3.35. The molecule has 0 fully saturated rings. The number of rotatable bonds is 7. The molecule has 1 amide bonds. The first-order valence-electron chi connectivity index (χ1n) is 9.61. The van der Waals surface area contributed by atoms with Crippen LogP contribution >= 0.6 is 0 Å². The molecule has 144 valence electrons. The third-order valence-electron chi connectivity index (χ3n) is 4.95. The number of carbonyl (C=O) groups excluding carboxylic acids is 1. The van der Waals surface area contributed by atoms with Gasteiger partial charge in [-0.2, -0.15) is 0 Å². The Morgan fingerprint density at radius 2 is 1.61 bits per heavy atom. The standard InChI is InChI=1S/C25H27NO2/c1-18-9-13-22(14-10-18)25(21-7-5-4-6-8-21)26-24(27)16-12-20-11-15-23(28-3)19(2)17-20/h4-11,13-15,17,25H,12,16H2,1-3H3,(H,26,27). The Balaban J connectivity index is 1.71. The van der Waals surface area contributed by atoms with Gasteiger partial charge in [-0.3, -0.25) is 4.79 Å². The van der Waals surface area contributed by atoms with Crippen LogP contribution in [0.3, 0.4) is 0 Å². The maximum atomic E-state index is 12.7. The van der Waals surface area contributed by atoms with Crippen molar-refractivity contribution in [1.82, 2.24) is 5.32 Å². The summed E-state index contributed by atoms with van der Waals surface area (Å²) in [5.74, 6) is 0.916. The number of nitrogens with one attached hydrogen (secondary N) is 1. The van der Waals surface area contributed by atoms with E-state index in [1.165, 1.54) is 5.56 Å². The second-order valence-electron chi connectivity index (χ2n) is 7.13. The lowest BCUT2D eigenvalue weighted by atomic mass is 9.97. The molecular weight excluding hydrogens is 346 g/mol. The van der Waals surface area contributed by atoms with Crippen LogP contribution < -0.4 is 10.1 Å². The highest BCUT2D eigenvalue weighted by Crippen LogP contribution is 2.23. The fraction of sp³-hybridized carbons (Fsp3) is 0.240. The molecule has 3 rings (SSSR count). The number of benzene rings is 3. The topological polar surface area (TPSA) is 38.3 Å². The zero-order valence-electron chi connectivity index (χ0n) is 16.7. The second kappa shape index (κ2) is 9.23. The van der Waals surface area contributed by atoms with Crippen LogP contribution in [0.25, 0.3) is 0 Å². The molecule has 3 nitrogen and oxygen atoms in total. The first-order valence-corrected chi connectivity index (χ1v) is 9.61. The Morgan fingerprint density at radius 1 is 0.929 bits per heavy atom. The molecular formula is C25H27NO2. The zero-order chi connectivity index (χ0) is 19.9. The van der Waals surface area contributed by atoms with Crippen molar-refractivity contribution < 1.29 is 9.53 Å². The van der Waals surface area contributed by atoms with Gasteiger partial charge in [-0.15, -0.1) is 0 Å². The average Bonchev–Trinajstić information content (AvgIpc) is 2.72. The van der Waals surface area contributed by atoms with Crippen LogP contribution in [0.4, 0.5) is 0 Å². The molecule has 3 aromatic rings. The molecule has 0 aromatic heterocycles. The van der Waals surface area contributed by atoms with Gasteiger partial charge in [0.05, 0.1) is 13.2 Å². The van der Waals surface area contributed by atoms with Crippen LogP contribution in [0, 0.1) is 13.8 Å². The summed E-state index contributed by atoms with van der Waals surface area (Å²) in [6.07, 6.45) is 1.15. The Kier molecular flexibility index (Phi) is 6.49. The van der Waals surface area contributed by atoms with Crippen molar-refractivity contribution >= 4 is 5.91 Å². The molecule has 0 heterocycles. The quantitative estimate of drug-likeness (QED) is 0.622. The van der Waals surface area contributed by atoms with E-state index in [-0.39, 0.29) is 11.9 Å². The number of ether oxygens (including phenoxy) is 1. The van der Waals surface area contributed by atoms with Crippen molar-refractivity contribution in [3.8, 4) is 5.75 Å². The number of methoxy groups -OCH3 is 1.